The number of amides is 1. The van der Waals surface area contributed by atoms with Crippen LogP contribution in [0.5, 0.6) is 0 Å². The molecule has 2 rings (SSSR count). The van der Waals surface area contributed by atoms with Crippen molar-refractivity contribution in [3.63, 3.8) is 0 Å². The fourth-order valence-corrected chi connectivity index (χ4v) is 3.31. The Kier molecular flexibility index (Phi) is 3.24. The number of hydrogen-bond acceptors (Lipinski definition) is 2. The highest BCUT2D eigenvalue weighted by molar-refractivity contribution is 5.76. The van der Waals surface area contributed by atoms with E-state index in [-0.39, 0.29) is 0 Å². The molecule has 2 saturated heterocycles. The zero-order valence-electron chi connectivity index (χ0n) is 10.8. The molecular formula is C13H24N2O. The predicted molar refractivity (Wildman–Crippen MR) is 65.2 cm³/mol. The summed E-state index contributed by atoms with van der Waals surface area (Å²) in [5, 5.41) is 0. The van der Waals surface area contributed by atoms with Gasteiger partial charge in [0.15, 0.2) is 0 Å². The topological polar surface area (TPSA) is 23.6 Å². The molecule has 2 heterocycles. The minimum Gasteiger partial charge on any atom is -0.339 e. The SMILES string of the molecule is CCC(=O)N1CC2(CCN(C)CC2)CC1C. The number of carbonyl (C=O) groups is 1. The van der Waals surface area contributed by atoms with Crippen molar-refractivity contribution in [3.05, 3.63) is 0 Å². The number of carbonyl (C=O) groups excluding carboxylic acids is 1. The minimum atomic E-state index is 0.336. The second-order valence-electron chi connectivity index (χ2n) is 5.73. The van der Waals surface area contributed by atoms with Crippen molar-refractivity contribution in [2.45, 2.75) is 45.6 Å². The van der Waals surface area contributed by atoms with E-state index in [0.717, 1.165) is 6.54 Å². The predicted octanol–water partition coefficient (Wildman–Crippen LogP) is 1.73. The van der Waals surface area contributed by atoms with Crippen LogP contribution < -0.4 is 0 Å². The van der Waals surface area contributed by atoms with Crippen LogP contribution in [0.25, 0.3) is 0 Å². The van der Waals surface area contributed by atoms with Crippen LogP contribution in [0.4, 0.5) is 0 Å². The average Bonchev–Trinajstić information content (AvgIpc) is 2.60. The maximum Gasteiger partial charge on any atom is 0.222 e. The molecule has 3 heteroatoms. The highest BCUT2D eigenvalue weighted by Gasteiger charge is 2.44. The van der Waals surface area contributed by atoms with E-state index in [1.165, 1.54) is 32.4 Å². The van der Waals surface area contributed by atoms with Crippen LogP contribution in [-0.2, 0) is 4.79 Å². The van der Waals surface area contributed by atoms with E-state index in [2.05, 4.69) is 23.8 Å². The van der Waals surface area contributed by atoms with Gasteiger partial charge in [-0.05, 0) is 51.7 Å². The molecule has 2 fully saturated rings. The molecule has 0 saturated carbocycles. The minimum absolute atomic E-state index is 0.336. The van der Waals surface area contributed by atoms with E-state index >= 15 is 0 Å². The van der Waals surface area contributed by atoms with Crippen LogP contribution in [0.2, 0.25) is 0 Å². The summed E-state index contributed by atoms with van der Waals surface area (Å²) in [6, 6.07) is 0.454. The molecule has 0 aromatic carbocycles. The van der Waals surface area contributed by atoms with Gasteiger partial charge in [0, 0.05) is 19.0 Å². The monoisotopic (exact) mass is 224 g/mol. The third-order valence-electron chi connectivity index (χ3n) is 4.44. The first-order valence-electron chi connectivity index (χ1n) is 6.54. The first kappa shape index (κ1) is 11.9. The molecule has 1 spiro atoms. The van der Waals surface area contributed by atoms with Crippen molar-refractivity contribution in [3.8, 4) is 0 Å². The maximum atomic E-state index is 11.8. The number of likely N-dealkylation sites (tertiary alicyclic amines) is 2. The second-order valence-corrected chi connectivity index (χ2v) is 5.73. The van der Waals surface area contributed by atoms with Gasteiger partial charge in [-0.25, -0.2) is 0 Å². The van der Waals surface area contributed by atoms with E-state index in [0.29, 0.717) is 23.8 Å². The van der Waals surface area contributed by atoms with E-state index in [1.54, 1.807) is 0 Å². The molecule has 2 aliphatic heterocycles. The molecular weight excluding hydrogens is 200 g/mol. The Morgan fingerprint density at radius 2 is 2.00 bits per heavy atom. The summed E-state index contributed by atoms with van der Waals surface area (Å²) in [5.41, 5.74) is 0.441. The number of hydrogen-bond donors (Lipinski definition) is 0. The van der Waals surface area contributed by atoms with E-state index in [9.17, 15) is 4.79 Å². The normalized spacial score (nSPS) is 29.9. The van der Waals surface area contributed by atoms with Gasteiger partial charge in [-0.3, -0.25) is 4.79 Å². The fraction of sp³-hybridized carbons (Fsp3) is 0.923. The summed E-state index contributed by atoms with van der Waals surface area (Å²) in [6.07, 6.45) is 4.40. The van der Waals surface area contributed by atoms with Gasteiger partial charge in [0.05, 0.1) is 0 Å². The Bertz CT molecular complexity index is 269. The van der Waals surface area contributed by atoms with E-state index in [4.69, 9.17) is 0 Å². The van der Waals surface area contributed by atoms with Crippen molar-refractivity contribution in [1.29, 1.82) is 0 Å². The summed E-state index contributed by atoms with van der Waals surface area (Å²) < 4.78 is 0. The van der Waals surface area contributed by atoms with Crippen LogP contribution in [-0.4, -0.2) is 48.4 Å². The van der Waals surface area contributed by atoms with Gasteiger partial charge in [0.25, 0.3) is 0 Å². The first-order valence-corrected chi connectivity index (χ1v) is 6.54. The van der Waals surface area contributed by atoms with Gasteiger partial charge < -0.3 is 9.80 Å². The Labute approximate surface area is 98.8 Å². The Morgan fingerprint density at radius 3 is 2.56 bits per heavy atom. The van der Waals surface area contributed by atoms with Crippen molar-refractivity contribution >= 4 is 5.91 Å². The molecule has 16 heavy (non-hydrogen) atoms. The maximum absolute atomic E-state index is 11.8. The Morgan fingerprint density at radius 1 is 1.38 bits per heavy atom. The third-order valence-corrected chi connectivity index (χ3v) is 4.44. The molecule has 0 N–H and O–H groups in total. The smallest absolute Gasteiger partial charge is 0.222 e. The highest BCUT2D eigenvalue weighted by Crippen LogP contribution is 2.43. The summed E-state index contributed by atoms with van der Waals surface area (Å²) in [6.45, 7) is 7.58. The van der Waals surface area contributed by atoms with Crippen LogP contribution in [0.3, 0.4) is 0 Å². The van der Waals surface area contributed by atoms with Gasteiger partial charge in [0.1, 0.15) is 0 Å². The molecule has 92 valence electrons. The summed E-state index contributed by atoms with van der Waals surface area (Å²) >= 11 is 0. The molecule has 0 aromatic rings. The quantitative estimate of drug-likeness (QED) is 0.677. The lowest BCUT2D eigenvalue weighted by Crippen LogP contribution is -2.40. The first-order chi connectivity index (χ1) is 7.56. The van der Waals surface area contributed by atoms with E-state index < -0.39 is 0 Å². The number of nitrogens with zero attached hydrogens (tertiary/aromatic N) is 2. The Balaban J connectivity index is 2.02. The third kappa shape index (κ3) is 2.10. The number of piperidine rings is 1. The lowest BCUT2D eigenvalue weighted by atomic mass is 9.77. The molecule has 0 aromatic heterocycles. The standard InChI is InChI=1S/C13H24N2O/c1-4-12(16)15-10-13(9-11(15)2)5-7-14(3)8-6-13/h11H,4-10H2,1-3H3. The van der Waals surface area contributed by atoms with Crippen molar-refractivity contribution in [2.24, 2.45) is 5.41 Å². The summed E-state index contributed by atoms with van der Waals surface area (Å²) in [7, 11) is 2.19. The molecule has 0 radical (unpaired) electrons. The van der Waals surface area contributed by atoms with Crippen molar-refractivity contribution in [2.75, 3.05) is 26.7 Å². The van der Waals surface area contributed by atoms with Gasteiger partial charge in [-0.1, -0.05) is 6.92 Å². The highest BCUT2D eigenvalue weighted by atomic mass is 16.2. The number of rotatable bonds is 1. The zero-order chi connectivity index (χ0) is 11.8. The lowest BCUT2D eigenvalue weighted by molar-refractivity contribution is -0.131. The molecule has 0 aliphatic carbocycles. The van der Waals surface area contributed by atoms with Crippen molar-refractivity contribution < 1.29 is 4.79 Å². The fourth-order valence-electron chi connectivity index (χ4n) is 3.31. The van der Waals surface area contributed by atoms with Crippen molar-refractivity contribution in [1.82, 2.24) is 9.80 Å². The molecule has 1 atom stereocenters. The average molecular weight is 224 g/mol. The summed E-state index contributed by atoms with van der Waals surface area (Å²) in [5.74, 6) is 0.336. The second kappa shape index (κ2) is 4.36. The van der Waals surface area contributed by atoms with Gasteiger partial charge >= 0.3 is 0 Å². The van der Waals surface area contributed by atoms with Gasteiger partial charge in [-0.2, -0.15) is 0 Å². The van der Waals surface area contributed by atoms with Gasteiger partial charge in [0.2, 0.25) is 5.91 Å². The van der Waals surface area contributed by atoms with Crippen LogP contribution in [0, 0.1) is 5.41 Å². The lowest BCUT2D eigenvalue weighted by Gasteiger charge is -2.37. The van der Waals surface area contributed by atoms with Crippen LogP contribution in [0.1, 0.15) is 39.5 Å². The largest absolute Gasteiger partial charge is 0.339 e. The molecule has 1 unspecified atom stereocenters. The summed E-state index contributed by atoms with van der Waals surface area (Å²) in [4.78, 5) is 16.3. The van der Waals surface area contributed by atoms with Crippen LogP contribution in [0.15, 0.2) is 0 Å². The van der Waals surface area contributed by atoms with Crippen LogP contribution >= 0.6 is 0 Å². The molecule has 2 aliphatic rings. The Hall–Kier alpha value is -0.570. The zero-order valence-corrected chi connectivity index (χ0v) is 10.8. The van der Waals surface area contributed by atoms with Gasteiger partial charge in [-0.15, -0.1) is 0 Å². The molecule has 3 nitrogen and oxygen atoms in total. The molecule has 0 bridgehead atoms. The van der Waals surface area contributed by atoms with E-state index in [1.807, 2.05) is 6.92 Å². The molecule has 1 amide bonds.